The van der Waals surface area contributed by atoms with E-state index in [0.29, 0.717) is 31.4 Å². The molecule has 1 aromatic rings. The molecule has 1 saturated heterocycles. The summed E-state index contributed by atoms with van der Waals surface area (Å²) in [4.78, 5) is 72.1. The first-order valence-electron chi connectivity index (χ1n) is 20.4. The minimum Gasteiger partial charge on any atom is -0.379 e. The van der Waals surface area contributed by atoms with Crippen LogP contribution < -0.4 is 20.7 Å². The van der Waals surface area contributed by atoms with E-state index in [1.54, 1.807) is 61.2 Å². The fourth-order valence-electron chi connectivity index (χ4n) is 7.83. The first kappa shape index (κ1) is 50.3. The molecule has 1 heterocycles. The number of amides is 5. The number of carbonyl (C=O) groups excluding carboxylic acids is 5. The van der Waals surface area contributed by atoms with E-state index in [1.165, 1.54) is 14.2 Å². The third kappa shape index (κ3) is 13.9. The average molecular weight is 835 g/mol. The number of benzene rings is 1. The molecular formula is C42H70N6O9S. The van der Waals surface area contributed by atoms with E-state index < -0.39 is 75.9 Å². The Morgan fingerprint density at radius 1 is 0.931 bits per heavy atom. The molecule has 16 heteroatoms. The lowest BCUT2D eigenvalue weighted by Crippen LogP contribution is -2.59. The Morgan fingerprint density at radius 3 is 2.07 bits per heavy atom. The molecule has 5 amide bonds. The highest BCUT2D eigenvalue weighted by Crippen LogP contribution is 2.30. The Kier molecular flexibility index (Phi) is 20.5. The molecule has 0 aromatic heterocycles. The van der Waals surface area contributed by atoms with Crippen molar-refractivity contribution in [3.8, 4) is 0 Å². The molecule has 0 saturated carbocycles. The van der Waals surface area contributed by atoms with Gasteiger partial charge in [-0.25, -0.2) is 8.42 Å². The molecule has 1 aliphatic heterocycles. The molecule has 9 atom stereocenters. The van der Waals surface area contributed by atoms with Crippen molar-refractivity contribution < 1.29 is 41.9 Å². The monoisotopic (exact) mass is 834 g/mol. The van der Waals surface area contributed by atoms with Gasteiger partial charge in [0.25, 0.3) is 5.91 Å². The number of nitrogens with zero attached hydrogens (tertiary/aromatic N) is 2. The van der Waals surface area contributed by atoms with Gasteiger partial charge in [-0.15, -0.1) is 6.58 Å². The summed E-state index contributed by atoms with van der Waals surface area (Å²) in [7, 11) is 2.36. The Balaban J connectivity index is 2.33. The van der Waals surface area contributed by atoms with Crippen molar-refractivity contribution in [2.45, 2.75) is 123 Å². The van der Waals surface area contributed by atoms with Crippen molar-refractivity contribution in [3.63, 3.8) is 0 Å². The summed E-state index contributed by atoms with van der Waals surface area (Å²) < 4.78 is 38.8. The van der Waals surface area contributed by atoms with Gasteiger partial charge < -0.3 is 35.2 Å². The fraction of sp³-hybridized carbons (Fsp3) is 0.690. The predicted octanol–water partition coefficient (Wildman–Crippen LogP) is 2.65. The number of hydrogen-bond donors (Lipinski definition) is 4. The van der Waals surface area contributed by atoms with Crippen LogP contribution in [0.3, 0.4) is 0 Å². The van der Waals surface area contributed by atoms with Crippen LogP contribution in [0.25, 0.3) is 0 Å². The molecule has 2 rings (SSSR count). The maximum atomic E-state index is 14.3. The average Bonchev–Trinajstić information content (AvgIpc) is 3.66. The van der Waals surface area contributed by atoms with E-state index in [4.69, 9.17) is 9.47 Å². The van der Waals surface area contributed by atoms with E-state index in [2.05, 4.69) is 22.5 Å². The maximum Gasteiger partial charge on any atom is 0.256 e. The summed E-state index contributed by atoms with van der Waals surface area (Å²) in [6.07, 6.45) is 1.59. The third-order valence-corrected chi connectivity index (χ3v) is 12.4. The molecule has 4 N–H and O–H groups in total. The minimum absolute atomic E-state index is 0.00324. The zero-order valence-corrected chi connectivity index (χ0v) is 37.3. The van der Waals surface area contributed by atoms with Crippen LogP contribution in [0.15, 0.2) is 43.0 Å². The van der Waals surface area contributed by atoms with Gasteiger partial charge in [0.15, 0.2) is 0 Å². The highest BCUT2D eigenvalue weighted by atomic mass is 32.2. The number of ether oxygens (including phenoxy) is 2. The lowest BCUT2D eigenvalue weighted by molar-refractivity contribution is -0.148. The number of carbonyl (C=O) groups is 5. The van der Waals surface area contributed by atoms with E-state index in [0.717, 1.165) is 6.08 Å². The number of likely N-dealkylation sites (N-methyl/N-ethyl adjacent to an activating group) is 2. The lowest BCUT2D eigenvalue weighted by atomic mass is 9.89. The van der Waals surface area contributed by atoms with Crippen molar-refractivity contribution in [1.82, 2.24) is 30.5 Å². The summed E-state index contributed by atoms with van der Waals surface area (Å²) in [6.45, 7) is 17.1. The van der Waals surface area contributed by atoms with Crippen LogP contribution in [0.2, 0.25) is 0 Å². The number of sulfonamides is 1. The van der Waals surface area contributed by atoms with Crippen LogP contribution >= 0.6 is 0 Å². The number of likely N-dealkylation sites (tertiary alicyclic amines) is 1. The molecule has 0 bridgehead atoms. The summed E-state index contributed by atoms with van der Waals surface area (Å²) >= 11 is 0. The van der Waals surface area contributed by atoms with E-state index >= 15 is 0 Å². The second-order valence-electron chi connectivity index (χ2n) is 16.1. The number of methoxy groups -OCH3 is 2. The zero-order chi connectivity index (χ0) is 43.9. The molecule has 0 radical (unpaired) electrons. The summed E-state index contributed by atoms with van der Waals surface area (Å²) in [6, 6.07) is 5.40. The maximum absolute atomic E-state index is 14.3. The highest BCUT2D eigenvalue weighted by Gasteiger charge is 2.43. The molecule has 1 aliphatic rings. The summed E-state index contributed by atoms with van der Waals surface area (Å²) in [5.41, 5.74) is 0.710. The fourth-order valence-corrected chi connectivity index (χ4v) is 8.68. The van der Waals surface area contributed by atoms with Crippen LogP contribution in [0, 0.1) is 23.7 Å². The molecule has 1 fully saturated rings. The SMILES string of the molecule is C=CCS(=O)(=O)NC(=O)[C@H](Cc1ccccc1)NC(=O)[C@H](C)[C@@H](OC)[C@@H]1CCCN1C(=O)C[C@@H](OC)[C@H]([C@@H](C)CC)N(C)C(=O)[C@@H](NC(=O)C(NC)C(C)C)C(C)C. The predicted molar refractivity (Wildman–Crippen MR) is 225 cm³/mol. The van der Waals surface area contributed by atoms with Gasteiger partial charge in [0, 0.05) is 34.2 Å². The van der Waals surface area contributed by atoms with Crippen molar-refractivity contribution >= 4 is 39.6 Å². The van der Waals surface area contributed by atoms with Crippen LogP contribution in [-0.2, 0) is 49.9 Å². The largest absolute Gasteiger partial charge is 0.379 e. The van der Waals surface area contributed by atoms with Crippen molar-refractivity contribution in [2.24, 2.45) is 23.7 Å². The molecule has 1 aromatic carbocycles. The van der Waals surface area contributed by atoms with Gasteiger partial charge >= 0.3 is 0 Å². The van der Waals surface area contributed by atoms with Gasteiger partial charge in [0.2, 0.25) is 33.7 Å². The molecule has 0 aliphatic carbocycles. The second-order valence-corrected chi connectivity index (χ2v) is 17.9. The molecule has 328 valence electrons. The first-order chi connectivity index (χ1) is 27.3. The minimum atomic E-state index is -4.02. The molecule has 15 nitrogen and oxygen atoms in total. The molecular weight excluding hydrogens is 765 g/mol. The first-order valence-corrected chi connectivity index (χ1v) is 22.0. The van der Waals surface area contributed by atoms with Crippen molar-refractivity contribution in [3.05, 3.63) is 48.6 Å². The normalized spacial score (nSPS) is 18.6. The number of nitrogens with one attached hydrogen (secondary N) is 4. The van der Waals surface area contributed by atoms with Crippen molar-refractivity contribution in [1.29, 1.82) is 0 Å². The number of hydrogen-bond acceptors (Lipinski definition) is 10. The Morgan fingerprint density at radius 2 is 1.55 bits per heavy atom. The van der Waals surface area contributed by atoms with E-state index in [9.17, 15) is 32.4 Å². The lowest BCUT2D eigenvalue weighted by Gasteiger charge is -2.41. The quantitative estimate of drug-likeness (QED) is 0.113. The van der Waals surface area contributed by atoms with Crippen LogP contribution in [0.1, 0.15) is 79.7 Å². The van der Waals surface area contributed by atoms with Gasteiger partial charge in [-0.05, 0) is 43.2 Å². The second kappa shape index (κ2) is 23.7. The van der Waals surface area contributed by atoms with Crippen molar-refractivity contribution in [2.75, 3.05) is 40.6 Å². The van der Waals surface area contributed by atoms with Crippen LogP contribution in [-0.4, -0.2) is 131 Å². The van der Waals surface area contributed by atoms with Gasteiger partial charge in [-0.3, -0.25) is 28.7 Å². The van der Waals surface area contributed by atoms with Crippen LogP contribution in [0.5, 0.6) is 0 Å². The Hall–Kier alpha value is -3.86. The Labute approximate surface area is 346 Å². The Bertz CT molecular complexity index is 1630. The molecule has 0 spiro atoms. The van der Waals surface area contributed by atoms with Gasteiger partial charge in [0.1, 0.15) is 12.1 Å². The molecule has 1 unspecified atom stereocenters. The smallest absolute Gasteiger partial charge is 0.256 e. The topological polar surface area (TPSA) is 193 Å². The summed E-state index contributed by atoms with van der Waals surface area (Å²) in [5, 5.41) is 8.74. The van der Waals surface area contributed by atoms with Gasteiger partial charge in [0.05, 0.1) is 48.4 Å². The molecule has 58 heavy (non-hydrogen) atoms. The highest BCUT2D eigenvalue weighted by molar-refractivity contribution is 7.90. The van der Waals surface area contributed by atoms with E-state index in [1.807, 2.05) is 46.3 Å². The van der Waals surface area contributed by atoms with Gasteiger partial charge in [-0.2, -0.15) is 0 Å². The standard InChI is InChI=1S/C42H70N6O9S/c1-13-23-58(54,55)46-40(51)31(24-30-19-16-15-17-20-30)44-39(50)29(8)38(57-12)32-21-18-22-48(32)34(49)25-33(56-11)37(28(7)14-2)47(10)42(53)36(27(5)6)45-41(52)35(43-9)26(3)4/h13,15-17,19-20,26-29,31-33,35-38,43H,1,14,18,21-25H2,2-12H3,(H,44,50)(H,45,52)(H,46,51)/t28-,29+,31-,32-,33+,35?,36-,37-,38+/m0/s1. The van der Waals surface area contributed by atoms with E-state index in [-0.39, 0.29) is 48.3 Å². The number of rotatable bonds is 24. The van der Waals surface area contributed by atoms with Crippen LogP contribution in [0.4, 0.5) is 0 Å². The zero-order valence-electron chi connectivity index (χ0n) is 36.4. The van der Waals surface area contributed by atoms with Gasteiger partial charge in [-0.1, -0.05) is 91.3 Å². The summed E-state index contributed by atoms with van der Waals surface area (Å²) in [5.74, 6) is -3.82. The third-order valence-electron chi connectivity index (χ3n) is 11.3.